The molecule has 0 N–H and O–H groups in total. The molecule has 0 aliphatic heterocycles. The summed E-state index contributed by atoms with van der Waals surface area (Å²) in [4.78, 5) is 13.2. The van der Waals surface area contributed by atoms with Gasteiger partial charge < -0.3 is 4.74 Å². The van der Waals surface area contributed by atoms with E-state index >= 15 is 0 Å². The summed E-state index contributed by atoms with van der Waals surface area (Å²) in [7, 11) is 1.45. The van der Waals surface area contributed by atoms with Crippen molar-refractivity contribution in [3.63, 3.8) is 0 Å². The van der Waals surface area contributed by atoms with Gasteiger partial charge in [0.05, 0.1) is 12.7 Å². The molecule has 2 aromatic rings. The average Bonchev–Trinajstić information content (AvgIpc) is 3.02. The van der Waals surface area contributed by atoms with Crippen molar-refractivity contribution < 1.29 is 9.53 Å². The van der Waals surface area contributed by atoms with E-state index in [0.29, 0.717) is 0 Å². The Bertz CT molecular complexity index is 723. The third-order valence-corrected chi connectivity index (χ3v) is 5.42. The van der Waals surface area contributed by atoms with Gasteiger partial charge in [-0.1, -0.05) is 28.1 Å². The highest BCUT2D eigenvalue weighted by Gasteiger charge is 2.26. The van der Waals surface area contributed by atoms with Crippen LogP contribution < -0.4 is 0 Å². The summed E-state index contributed by atoms with van der Waals surface area (Å²) in [6.45, 7) is 0. The summed E-state index contributed by atoms with van der Waals surface area (Å²) in [6, 6.07) is 10.5. The highest BCUT2D eigenvalue weighted by molar-refractivity contribution is 9.10. The molecule has 1 aliphatic rings. The van der Waals surface area contributed by atoms with Crippen LogP contribution in [-0.2, 0) is 17.6 Å². The SMILES string of the molecule is COC(=O)c1c(SC)cc(-c2ccc(Br)cc2)c2c1CCC2. The molecule has 0 saturated carbocycles. The van der Waals surface area contributed by atoms with Gasteiger partial charge in [0, 0.05) is 9.37 Å². The van der Waals surface area contributed by atoms with Crippen LogP contribution in [0.3, 0.4) is 0 Å². The lowest BCUT2D eigenvalue weighted by molar-refractivity contribution is 0.0595. The number of halogens is 1. The van der Waals surface area contributed by atoms with Crippen LogP contribution >= 0.6 is 27.7 Å². The molecule has 2 nitrogen and oxygen atoms in total. The standard InChI is InChI=1S/C18H17BrO2S/c1-21-18(20)17-14-5-3-4-13(14)15(10-16(17)22-2)11-6-8-12(19)9-7-11/h6-10H,3-5H2,1-2H3. The Kier molecular flexibility index (Phi) is 4.59. The molecule has 0 aromatic heterocycles. The molecule has 0 radical (unpaired) electrons. The van der Waals surface area contributed by atoms with E-state index in [0.717, 1.165) is 34.2 Å². The molecule has 0 saturated heterocycles. The van der Waals surface area contributed by atoms with Gasteiger partial charge in [0.2, 0.25) is 0 Å². The molecular weight excluding hydrogens is 360 g/mol. The topological polar surface area (TPSA) is 26.3 Å². The molecule has 114 valence electrons. The Hall–Kier alpha value is -1.26. The van der Waals surface area contributed by atoms with Crippen LogP contribution in [0.15, 0.2) is 39.7 Å². The van der Waals surface area contributed by atoms with Gasteiger partial charge in [-0.05, 0) is 66.0 Å². The third-order valence-electron chi connectivity index (χ3n) is 4.13. The second-order valence-electron chi connectivity index (χ2n) is 5.31. The first kappa shape index (κ1) is 15.6. The Morgan fingerprint density at radius 1 is 1.18 bits per heavy atom. The molecule has 0 atom stereocenters. The monoisotopic (exact) mass is 376 g/mol. The van der Waals surface area contributed by atoms with Crippen LogP contribution in [0.5, 0.6) is 0 Å². The van der Waals surface area contributed by atoms with Crippen LogP contribution in [0.25, 0.3) is 11.1 Å². The Morgan fingerprint density at radius 3 is 2.50 bits per heavy atom. The van der Waals surface area contributed by atoms with Crippen molar-refractivity contribution in [2.75, 3.05) is 13.4 Å². The molecule has 0 fully saturated rings. The van der Waals surface area contributed by atoms with Gasteiger partial charge in [-0.25, -0.2) is 4.79 Å². The van der Waals surface area contributed by atoms with Crippen LogP contribution in [0.1, 0.15) is 27.9 Å². The fourth-order valence-corrected chi connectivity index (χ4v) is 4.04. The Labute approximate surface area is 143 Å². The fraction of sp³-hybridized carbons (Fsp3) is 0.278. The van der Waals surface area contributed by atoms with Gasteiger partial charge in [-0.3, -0.25) is 0 Å². The smallest absolute Gasteiger partial charge is 0.339 e. The number of hydrogen-bond donors (Lipinski definition) is 0. The average molecular weight is 377 g/mol. The van der Waals surface area contributed by atoms with Crippen LogP contribution in [0.2, 0.25) is 0 Å². The lowest BCUT2D eigenvalue weighted by atomic mass is 9.93. The molecule has 0 heterocycles. The zero-order valence-electron chi connectivity index (χ0n) is 12.6. The first-order valence-corrected chi connectivity index (χ1v) is 9.24. The largest absolute Gasteiger partial charge is 0.465 e. The minimum absolute atomic E-state index is 0.218. The van der Waals surface area contributed by atoms with E-state index in [1.807, 2.05) is 6.26 Å². The molecule has 0 bridgehead atoms. The second-order valence-corrected chi connectivity index (χ2v) is 7.07. The van der Waals surface area contributed by atoms with Crippen molar-refractivity contribution in [1.82, 2.24) is 0 Å². The molecule has 2 aromatic carbocycles. The number of rotatable bonds is 3. The summed E-state index contributed by atoms with van der Waals surface area (Å²) in [5.41, 5.74) is 5.70. The summed E-state index contributed by atoms with van der Waals surface area (Å²) in [5.74, 6) is -0.218. The van der Waals surface area contributed by atoms with Crippen LogP contribution in [0.4, 0.5) is 0 Å². The van der Waals surface area contributed by atoms with E-state index < -0.39 is 0 Å². The zero-order chi connectivity index (χ0) is 15.7. The highest BCUT2D eigenvalue weighted by Crippen LogP contribution is 2.40. The molecule has 0 unspecified atom stereocenters. The minimum Gasteiger partial charge on any atom is -0.465 e. The molecule has 0 amide bonds. The van der Waals surface area contributed by atoms with Crippen molar-refractivity contribution >= 4 is 33.7 Å². The van der Waals surface area contributed by atoms with Crippen molar-refractivity contribution in [2.24, 2.45) is 0 Å². The maximum absolute atomic E-state index is 12.2. The van der Waals surface area contributed by atoms with Gasteiger partial charge in [0.15, 0.2) is 0 Å². The maximum atomic E-state index is 12.2. The second kappa shape index (κ2) is 6.47. The first-order chi connectivity index (χ1) is 10.7. The number of fused-ring (bicyclic) bond motifs is 1. The Balaban J connectivity index is 2.23. The predicted molar refractivity (Wildman–Crippen MR) is 94.7 cm³/mol. The number of carbonyl (C=O) groups excluding carboxylic acids is 1. The number of thioether (sulfide) groups is 1. The molecule has 3 rings (SSSR count). The van der Waals surface area contributed by atoms with Gasteiger partial charge >= 0.3 is 5.97 Å². The lowest BCUT2D eigenvalue weighted by Crippen LogP contribution is -2.08. The van der Waals surface area contributed by atoms with Crippen molar-refractivity contribution in [2.45, 2.75) is 24.2 Å². The number of methoxy groups -OCH3 is 1. The summed E-state index contributed by atoms with van der Waals surface area (Å²) < 4.78 is 6.08. The minimum atomic E-state index is -0.218. The molecular formula is C18H17BrO2S. The van der Waals surface area contributed by atoms with E-state index in [1.54, 1.807) is 11.8 Å². The highest BCUT2D eigenvalue weighted by atomic mass is 79.9. The van der Waals surface area contributed by atoms with Crippen molar-refractivity contribution in [3.05, 3.63) is 51.5 Å². The number of benzene rings is 2. The molecule has 4 heteroatoms. The molecule has 22 heavy (non-hydrogen) atoms. The van der Waals surface area contributed by atoms with Crippen LogP contribution in [-0.4, -0.2) is 19.3 Å². The molecule has 0 spiro atoms. The van der Waals surface area contributed by atoms with Crippen molar-refractivity contribution in [1.29, 1.82) is 0 Å². The summed E-state index contributed by atoms with van der Waals surface area (Å²) in [5, 5.41) is 0. The maximum Gasteiger partial charge on any atom is 0.339 e. The van der Waals surface area contributed by atoms with E-state index in [-0.39, 0.29) is 5.97 Å². The van der Waals surface area contributed by atoms with Gasteiger partial charge in [0.1, 0.15) is 0 Å². The quantitative estimate of drug-likeness (QED) is 0.549. The van der Waals surface area contributed by atoms with E-state index in [4.69, 9.17) is 4.74 Å². The molecule has 1 aliphatic carbocycles. The third kappa shape index (κ3) is 2.70. The Morgan fingerprint density at radius 2 is 1.86 bits per heavy atom. The van der Waals surface area contributed by atoms with E-state index in [9.17, 15) is 4.79 Å². The van der Waals surface area contributed by atoms with Gasteiger partial charge in [0.25, 0.3) is 0 Å². The normalized spacial score (nSPS) is 13.0. The summed E-state index contributed by atoms with van der Waals surface area (Å²) in [6.07, 6.45) is 5.09. The first-order valence-electron chi connectivity index (χ1n) is 7.22. The lowest BCUT2D eigenvalue weighted by Gasteiger charge is -2.16. The number of ether oxygens (including phenoxy) is 1. The number of esters is 1. The van der Waals surface area contributed by atoms with E-state index in [2.05, 4.69) is 46.3 Å². The number of hydrogen-bond acceptors (Lipinski definition) is 3. The summed E-state index contributed by atoms with van der Waals surface area (Å²) >= 11 is 5.09. The van der Waals surface area contributed by atoms with Gasteiger partial charge in [-0.15, -0.1) is 11.8 Å². The van der Waals surface area contributed by atoms with Crippen LogP contribution in [0, 0.1) is 0 Å². The fourth-order valence-electron chi connectivity index (χ4n) is 3.13. The predicted octanol–water partition coefficient (Wildman–Crippen LogP) is 5.11. The van der Waals surface area contributed by atoms with Gasteiger partial charge in [-0.2, -0.15) is 0 Å². The van der Waals surface area contributed by atoms with E-state index in [1.165, 1.54) is 29.4 Å². The van der Waals surface area contributed by atoms with Crippen molar-refractivity contribution in [3.8, 4) is 11.1 Å². The zero-order valence-corrected chi connectivity index (χ0v) is 15.0. The number of carbonyl (C=O) groups is 1.